The van der Waals surface area contributed by atoms with Crippen LogP contribution in [0.15, 0.2) is 72.5 Å². The minimum atomic E-state index is -1.27. The van der Waals surface area contributed by atoms with Crippen molar-refractivity contribution in [2.75, 3.05) is 0 Å². The third kappa shape index (κ3) is 9.09. The summed E-state index contributed by atoms with van der Waals surface area (Å²) in [5.41, 5.74) is 4.80. The topological polar surface area (TPSA) is 96.7 Å². The van der Waals surface area contributed by atoms with Crippen molar-refractivity contribution in [1.29, 1.82) is 0 Å². The molecule has 0 bridgehead atoms. The van der Waals surface area contributed by atoms with E-state index in [2.05, 4.69) is 17.6 Å². The lowest BCUT2D eigenvalue weighted by atomic mass is 9.73. The minimum absolute atomic E-state index is 0.0820. The smallest absolute Gasteiger partial charge is 0.309 e. The first-order chi connectivity index (χ1) is 20.7. The van der Waals surface area contributed by atoms with Gasteiger partial charge in [0.25, 0.3) is 0 Å². The first kappa shape index (κ1) is 35.1. The molecule has 44 heavy (non-hydrogen) atoms. The number of carbonyl (C=O) groups is 2. The number of allylic oxidation sites excluding steroid dienone is 2. The first-order valence-corrected chi connectivity index (χ1v) is 15.8. The number of aliphatic hydroxyl groups excluding tert-OH is 2. The van der Waals surface area contributed by atoms with E-state index in [1.165, 1.54) is 0 Å². The van der Waals surface area contributed by atoms with Gasteiger partial charge >= 0.3 is 5.97 Å². The van der Waals surface area contributed by atoms with Gasteiger partial charge in [-0.3, -0.25) is 14.6 Å². The quantitative estimate of drug-likeness (QED) is 0.162. The fourth-order valence-electron chi connectivity index (χ4n) is 5.99. The summed E-state index contributed by atoms with van der Waals surface area (Å²) < 4.78 is 6.05. The molecule has 1 aliphatic rings. The van der Waals surface area contributed by atoms with Crippen molar-refractivity contribution < 1.29 is 24.5 Å². The van der Waals surface area contributed by atoms with E-state index in [9.17, 15) is 19.8 Å². The zero-order valence-corrected chi connectivity index (χ0v) is 27.5. The number of hydrogen-bond donors (Lipinski definition) is 2. The molecule has 0 fully saturated rings. The third-order valence-corrected chi connectivity index (χ3v) is 9.15. The van der Waals surface area contributed by atoms with Gasteiger partial charge in [0.15, 0.2) is 0 Å². The Hall–Kier alpha value is -3.35. The van der Waals surface area contributed by atoms with Crippen LogP contribution < -0.4 is 0 Å². The Labute approximate surface area is 264 Å². The van der Waals surface area contributed by atoms with Crippen LogP contribution in [0.25, 0.3) is 11.6 Å². The van der Waals surface area contributed by atoms with E-state index in [0.29, 0.717) is 6.42 Å². The number of aromatic nitrogens is 1. The summed E-state index contributed by atoms with van der Waals surface area (Å²) in [5.74, 6) is -1.72. The van der Waals surface area contributed by atoms with Gasteiger partial charge in [0, 0.05) is 18.0 Å². The van der Waals surface area contributed by atoms with E-state index in [1.54, 1.807) is 20.8 Å². The van der Waals surface area contributed by atoms with Crippen molar-refractivity contribution in [3.05, 3.63) is 89.3 Å². The summed E-state index contributed by atoms with van der Waals surface area (Å²) in [4.78, 5) is 31.4. The summed E-state index contributed by atoms with van der Waals surface area (Å²) in [6.45, 7) is 16.8. The minimum Gasteiger partial charge on any atom is -0.457 e. The van der Waals surface area contributed by atoms with Crippen molar-refractivity contribution in [3.8, 4) is 0 Å². The number of ether oxygens (including phenoxy) is 1. The van der Waals surface area contributed by atoms with Gasteiger partial charge in [-0.1, -0.05) is 81.8 Å². The van der Waals surface area contributed by atoms with Crippen molar-refractivity contribution >= 4 is 23.4 Å². The lowest BCUT2D eigenvalue weighted by Crippen LogP contribution is -2.45. The maximum absolute atomic E-state index is 13.5. The predicted octanol–water partition coefficient (Wildman–Crippen LogP) is 7.53. The lowest BCUT2D eigenvalue weighted by Gasteiger charge is -2.34. The number of benzene rings is 1. The Morgan fingerprint density at radius 3 is 2.41 bits per heavy atom. The molecule has 6 heteroatoms. The van der Waals surface area contributed by atoms with Crippen LogP contribution in [0.3, 0.4) is 0 Å². The number of nitrogens with zero attached hydrogens (tertiary/aromatic N) is 1. The third-order valence-electron chi connectivity index (χ3n) is 9.15. The van der Waals surface area contributed by atoms with Crippen LogP contribution in [0, 0.1) is 30.1 Å². The molecule has 0 aliphatic heterocycles. The van der Waals surface area contributed by atoms with Crippen molar-refractivity contribution in [1.82, 2.24) is 4.98 Å². The molecule has 1 aromatic carbocycles. The van der Waals surface area contributed by atoms with Gasteiger partial charge in [0.2, 0.25) is 0 Å². The van der Waals surface area contributed by atoms with E-state index in [-0.39, 0.29) is 24.0 Å². The molecule has 0 saturated heterocycles. The first-order valence-electron chi connectivity index (χ1n) is 15.8. The van der Waals surface area contributed by atoms with Crippen LogP contribution >= 0.6 is 0 Å². The van der Waals surface area contributed by atoms with Gasteiger partial charge in [-0.15, -0.1) is 6.58 Å². The number of aliphatic hydroxyl groups is 2. The van der Waals surface area contributed by atoms with Gasteiger partial charge in [0.05, 0.1) is 29.7 Å². The molecule has 1 aromatic heterocycles. The number of pyridine rings is 1. The molecular weight excluding hydrogens is 550 g/mol. The summed E-state index contributed by atoms with van der Waals surface area (Å²) in [5, 5.41) is 22.1. The van der Waals surface area contributed by atoms with Crippen LogP contribution in [-0.2, 0) is 14.3 Å². The van der Waals surface area contributed by atoms with Crippen LogP contribution in [0.4, 0.5) is 0 Å². The van der Waals surface area contributed by atoms with Crippen molar-refractivity contribution in [3.63, 3.8) is 0 Å². The Balaban J connectivity index is 1.72. The molecule has 0 radical (unpaired) electrons. The average molecular weight is 602 g/mol. The molecule has 6 nitrogen and oxygen atoms in total. The average Bonchev–Trinajstić information content (AvgIpc) is 3.29. The second-order valence-corrected chi connectivity index (χ2v) is 13.3. The van der Waals surface area contributed by atoms with Crippen LogP contribution in [0.2, 0.25) is 0 Å². The highest BCUT2D eigenvalue weighted by atomic mass is 16.5. The number of Topliss-reactive ketones (excluding diaryl/α,β-unsaturated/α-hetero) is 1. The Kier molecular flexibility index (Phi) is 12.4. The molecule has 238 valence electrons. The Bertz CT molecular complexity index is 1340. The van der Waals surface area contributed by atoms with E-state index < -0.39 is 35.6 Å². The standard InChI is InChI=1S/C38H51NO5/c1-24(2)13-12-14-26(4)35(42)28(6)37(43)38(7,8)33(40)22-34(41)44-36-27(5)31(32-20-17-25(3)23-39-32)21-30(36)19-18-29-15-10-9-11-16-29/h9-11,15-20,23,26,28,30,33,35-36,40,42H,1,12-14,21-22H2,2-8H3/b19-18+/t26-,28+,30+,33-,35-,36+/m0/s1. The SMILES string of the molecule is C=C(C)CCC[C@H](C)[C@H](O)[C@@H](C)C(=O)C(C)(C)[C@@H](O)CC(=O)O[C@@H]1C(C)=C(c2ccc(C)cn2)C[C@H]1/C=C/c1ccccc1. The fourth-order valence-corrected chi connectivity index (χ4v) is 5.99. The van der Waals surface area contributed by atoms with E-state index >= 15 is 0 Å². The van der Waals surface area contributed by atoms with E-state index in [1.807, 2.05) is 82.4 Å². The number of hydrogen-bond acceptors (Lipinski definition) is 6. The highest BCUT2D eigenvalue weighted by Crippen LogP contribution is 2.41. The molecule has 3 rings (SSSR count). The normalized spacial score (nSPS) is 19.9. The molecule has 1 heterocycles. The van der Waals surface area contributed by atoms with Gasteiger partial charge < -0.3 is 14.9 Å². The molecule has 0 saturated carbocycles. The maximum Gasteiger partial charge on any atom is 0.309 e. The summed E-state index contributed by atoms with van der Waals surface area (Å²) >= 11 is 0. The lowest BCUT2D eigenvalue weighted by molar-refractivity contribution is -0.155. The maximum atomic E-state index is 13.5. The molecule has 2 N–H and O–H groups in total. The number of ketones is 1. The molecule has 0 spiro atoms. The summed E-state index contributed by atoms with van der Waals surface area (Å²) in [6, 6.07) is 14.0. The highest BCUT2D eigenvalue weighted by molar-refractivity contribution is 5.88. The van der Waals surface area contributed by atoms with Crippen LogP contribution in [0.5, 0.6) is 0 Å². The Morgan fingerprint density at radius 2 is 1.80 bits per heavy atom. The monoisotopic (exact) mass is 601 g/mol. The molecule has 1 aliphatic carbocycles. The molecule has 0 amide bonds. The number of rotatable bonds is 15. The molecule has 0 unspecified atom stereocenters. The molecular formula is C38H51NO5. The van der Waals surface area contributed by atoms with E-state index in [4.69, 9.17) is 4.74 Å². The zero-order valence-electron chi connectivity index (χ0n) is 27.5. The molecule has 2 aromatic rings. The van der Waals surface area contributed by atoms with Gasteiger partial charge in [-0.05, 0) is 80.7 Å². The summed E-state index contributed by atoms with van der Waals surface area (Å²) in [6.07, 6.45) is 6.19. The van der Waals surface area contributed by atoms with Gasteiger partial charge in [-0.25, -0.2) is 0 Å². The second kappa shape index (κ2) is 15.6. The van der Waals surface area contributed by atoms with Gasteiger partial charge in [-0.2, -0.15) is 0 Å². The van der Waals surface area contributed by atoms with Crippen LogP contribution in [-0.4, -0.2) is 45.3 Å². The Morgan fingerprint density at radius 1 is 1.11 bits per heavy atom. The summed E-state index contributed by atoms with van der Waals surface area (Å²) in [7, 11) is 0. The largest absolute Gasteiger partial charge is 0.457 e. The highest BCUT2D eigenvalue weighted by Gasteiger charge is 2.43. The number of aryl methyl sites for hydroxylation is 1. The van der Waals surface area contributed by atoms with E-state index in [0.717, 1.165) is 52.8 Å². The number of carbonyl (C=O) groups excluding carboxylic acids is 2. The zero-order chi connectivity index (χ0) is 32.6. The number of esters is 1. The second-order valence-electron chi connectivity index (χ2n) is 13.3. The predicted molar refractivity (Wildman–Crippen MR) is 177 cm³/mol. The molecule has 6 atom stereocenters. The van der Waals surface area contributed by atoms with Gasteiger partial charge in [0.1, 0.15) is 11.9 Å². The fraction of sp³-hybridized carbons (Fsp3) is 0.500. The van der Waals surface area contributed by atoms with Crippen molar-refractivity contribution in [2.24, 2.45) is 23.2 Å². The van der Waals surface area contributed by atoms with Crippen molar-refractivity contribution in [2.45, 2.75) is 98.9 Å². The van der Waals surface area contributed by atoms with Crippen LogP contribution in [0.1, 0.15) is 90.5 Å².